The van der Waals surface area contributed by atoms with E-state index in [1.807, 2.05) is 18.2 Å². The van der Waals surface area contributed by atoms with Crippen molar-refractivity contribution in [3.8, 4) is 5.75 Å². The number of piperidine rings is 1. The van der Waals surface area contributed by atoms with Crippen LogP contribution in [-0.4, -0.2) is 42.6 Å². The lowest BCUT2D eigenvalue weighted by Crippen LogP contribution is -2.52. The van der Waals surface area contributed by atoms with Gasteiger partial charge < -0.3 is 14.4 Å². The van der Waals surface area contributed by atoms with Crippen LogP contribution >= 0.6 is 0 Å². The molecule has 0 aromatic heterocycles. The van der Waals surface area contributed by atoms with Gasteiger partial charge in [0.1, 0.15) is 11.4 Å². The van der Waals surface area contributed by atoms with Gasteiger partial charge in [-0.1, -0.05) is 12.1 Å². The summed E-state index contributed by atoms with van der Waals surface area (Å²) >= 11 is 0. The minimum atomic E-state index is -0.462. The second kappa shape index (κ2) is 4.81. The summed E-state index contributed by atoms with van der Waals surface area (Å²) < 4.78 is 10.8. The van der Waals surface area contributed by atoms with Crippen LogP contribution in [0.25, 0.3) is 0 Å². The van der Waals surface area contributed by atoms with Crippen molar-refractivity contribution in [1.29, 1.82) is 0 Å². The lowest BCUT2D eigenvalue weighted by molar-refractivity contribution is -0.00706. The minimum absolute atomic E-state index is 0.123. The van der Waals surface area contributed by atoms with Crippen LogP contribution in [0.15, 0.2) is 24.3 Å². The predicted octanol–water partition coefficient (Wildman–Crippen LogP) is 2.25. The molecule has 1 aromatic rings. The zero-order valence-corrected chi connectivity index (χ0v) is 11.4. The average Bonchev–Trinajstić information content (AvgIpc) is 2.47. The zero-order valence-electron chi connectivity index (χ0n) is 11.4. The van der Waals surface area contributed by atoms with Gasteiger partial charge in [0.25, 0.3) is 0 Å². The second-order valence-corrected chi connectivity index (χ2v) is 5.34. The molecule has 0 aliphatic carbocycles. The van der Waals surface area contributed by atoms with E-state index in [-0.39, 0.29) is 11.9 Å². The Morgan fingerprint density at radius 1 is 1.30 bits per heavy atom. The van der Waals surface area contributed by atoms with E-state index in [1.165, 1.54) is 7.11 Å². The number of hydrogen-bond acceptors (Lipinski definition) is 4. The van der Waals surface area contributed by atoms with Crippen molar-refractivity contribution in [1.82, 2.24) is 4.90 Å². The molecule has 3 rings (SSSR count). The summed E-state index contributed by atoms with van der Waals surface area (Å²) in [5.41, 5.74) is 0.198. The third-order valence-electron chi connectivity index (χ3n) is 4.10. The van der Waals surface area contributed by atoms with Crippen LogP contribution in [0.3, 0.4) is 0 Å². The summed E-state index contributed by atoms with van der Waals surface area (Å²) in [7, 11) is 1.38. The maximum atomic E-state index is 12.2. The van der Waals surface area contributed by atoms with E-state index in [2.05, 4.69) is 0 Å². The van der Waals surface area contributed by atoms with Gasteiger partial charge in [0.2, 0.25) is 0 Å². The van der Waals surface area contributed by atoms with Crippen molar-refractivity contribution in [2.45, 2.75) is 24.9 Å². The van der Waals surface area contributed by atoms with Gasteiger partial charge in [0, 0.05) is 25.9 Å². The quantitative estimate of drug-likeness (QED) is 0.728. The molecule has 2 aliphatic heterocycles. The summed E-state index contributed by atoms with van der Waals surface area (Å²) in [5.74, 6) is 0.786. The molecule has 1 aromatic carbocycles. The molecule has 0 atom stereocenters. The number of ether oxygens (including phenoxy) is 2. The van der Waals surface area contributed by atoms with Gasteiger partial charge in [-0.3, -0.25) is 4.79 Å². The number of carbonyl (C=O) groups is 2. The Morgan fingerprint density at radius 3 is 2.70 bits per heavy atom. The molecule has 106 valence electrons. The molecular weight excluding hydrogens is 258 g/mol. The van der Waals surface area contributed by atoms with Crippen LogP contribution in [0.1, 0.15) is 29.6 Å². The van der Waals surface area contributed by atoms with E-state index in [1.54, 1.807) is 11.0 Å². The zero-order chi connectivity index (χ0) is 14.2. The number of amides is 1. The molecule has 5 nitrogen and oxygen atoms in total. The highest BCUT2D eigenvalue weighted by molar-refractivity contribution is 6.00. The molecule has 0 bridgehead atoms. The van der Waals surface area contributed by atoms with Crippen molar-refractivity contribution < 1.29 is 19.1 Å². The number of Topliss-reactive ketones (excluding diaryl/α,β-unsaturated/α-hetero) is 1. The van der Waals surface area contributed by atoms with Crippen molar-refractivity contribution in [3.63, 3.8) is 0 Å². The largest absolute Gasteiger partial charge is 0.486 e. The van der Waals surface area contributed by atoms with Crippen LogP contribution in [0, 0.1) is 0 Å². The Balaban J connectivity index is 1.77. The molecular formula is C15H17NO4. The first kappa shape index (κ1) is 13.0. The van der Waals surface area contributed by atoms with Crippen molar-refractivity contribution in [2.75, 3.05) is 20.2 Å². The number of fused-ring (bicyclic) bond motifs is 1. The van der Waals surface area contributed by atoms with Gasteiger partial charge in [-0.15, -0.1) is 0 Å². The maximum absolute atomic E-state index is 12.2. The summed E-state index contributed by atoms with van der Waals surface area (Å²) in [5, 5.41) is 0. The van der Waals surface area contributed by atoms with Crippen LogP contribution in [0.4, 0.5) is 4.79 Å². The van der Waals surface area contributed by atoms with Crippen LogP contribution < -0.4 is 4.74 Å². The lowest BCUT2D eigenvalue weighted by atomic mass is 9.82. The number of methoxy groups -OCH3 is 1. The van der Waals surface area contributed by atoms with E-state index in [0.29, 0.717) is 43.7 Å². The molecule has 2 aliphatic rings. The average molecular weight is 275 g/mol. The Kier molecular flexibility index (Phi) is 3.12. The molecule has 0 N–H and O–H groups in total. The van der Waals surface area contributed by atoms with Gasteiger partial charge in [0.15, 0.2) is 5.78 Å². The number of benzene rings is 1. The molecule has 1 amide bonds. The summed E-state index contributed by atoms with van der Waals surface area (Å²) in [6, 6.07) is 7.35. The predicted molar refractivity (Wildman–Crippen MR) is 72.0 cm³/mol. The molecule has 1 saturated heterocycles. The summed E-state index contributed by atoms with van der Waals surface area (Å²) in [4.78, 5) is 25.4. The number of carbonyl (C=O) groups excluding carboxylic acids is 2. The molecule has 1 spiro atoms. The number of nitrogens with zero attached hydrogens (tertiary/aromatic N) is 1. The van der Waals surface area contributed by atoms with Gasteiger partial charge >= 0.3 is 6.09 Å². The van der Waals surface area contributed by atoms with Crippen molar-refractivity contribution in [2.24, 2.45) is 0 Å². The fourth-order valence-electron chi connectivity index (χ4n) is 2.95. The molecule has 1 fully saturated rings. The number of hydrogen-bond donors (Lipinski definition) is 0. The van der Waals surface area contributed by atoms with E-state index in [0.717, 1.165) is 0 Å². The Bertz CT molecular complexity index is 547. The molecule has 0 radical (unpaired) electrons. The summed E-state index contributed by atoms with van der Waals surface area (Å²) in [6.45, 7) is 1.12. The first-order valence-corrected chi connectivity index (χ1v) is 6.78. The monoisotopic (exact) mass is 275 g/mol. The first-order chi connectivity index (χ1) is 9.63. The second-order valence-electron chi connectivity index (χ2n) is 5.34. The van der Waals surface area contributed by atoms with Crippen LogP contribution in [0.2, 0.25) is 0 Å². The highest BCUT2D eigenvalue weighted by Gasteiger charge is 2.43. The number of para-hydroxylation sites is 1. The van der Waals surface area contributed by atoms with Crippen LogP contribution in [-0.2, 0) is 4.74 Å². The van der Waals surface area contributed by atoms with Gasteiger partial charge in [-0.05, 0) is 12.1 Å². The fraction of sp³-hybridized carbons (Fsp3) is 0.467. The van der Waals surface area contributed by atoms with Crippen molar-refractivity contribution in [3.05, 3.63) is 29.8 Å². The maximum Gasteiger partial charge on any atom is 0.409 e. The Morgan fingerprint density at radius 2 is 2.00 bits per heavy atom. The Labute approximate surface area is 117 Å². The highest BCUT2D eigenvalue weighted by Crippen LogP contribution is 2.39. The van der Waals surface area contributed by atoms with E-state index >= 15 is 0 Å². The van der Waals surface area contributed by atoms with E-state index < -0.39 is 5.60 Å². The van der Waals surface area contributed by atoms with Gasteiger partial charge in [-0.25, -0.2) is 4.79 Å². The molecule has 0 saturated carbocycles. The number of rotatable bonds is 0. The van der Waals surface area contributed by atoms with Crippen LogP contribution in [0.5, 0.6) is 5.75 Å². The number of ketones is 1. The topological polar surface area (TPSA) is 55.8 Å². The first-order valence-electron chi connectivity index (χ1n) is 6.78. The number of likely N-dealkylation sites (tertiary alicyclic amines) is 1. The van der Waals surface area contributed by atoms with Gasteiger partial charge in [-0.2, -0.15) is 0 Å². The van der Waals surface area contributed by atoms with E-state index in [9.17, 15) is 9.59 Å². The minimum Gasteiger partial charge on any atom is -0.486 e. The highest BCUT2D eigenvalue weighted by atomic mass is 16.5. The third kappa shape index (κ3) is 2.13. The summed E-state index contributed by atoms with van der Waals surface area (Å²) in [6.07, 6.45) is 1.38. The lowest BCUT2D eigenvalue weighted by Gasteiger charge is -2.43. The molecule has 5 heteroatoms. The fourth-order valence-corrected chi connectivity index (χ4v) is 2.95. The SMILES string of the molecule is COC(=O)N1CCC2(CC1)CC(=O)c1ccccc1O2. The third-order valence-corrected chi connectivity index (χ3v) is 4.10. The van der Waals surface area contributed by atoms with Gasteiger partial charge in [0.05, 0.1) is 19.1 Å². The molecule has 2 heterocycles. The smallest absolute Gasteiger partial charge is 0.409 e. The normalized spacial score (nSPS) is 20.2. The van der Waals surface area contributed by atoms with Crippen molar-refractivity contribution >= 4 is 11.9 Å². The molecule has 0 unspecified atom stereocenters. The standard InChI is InChI=1S/C15H17NO4/c1-19-14(18)16-8-6-15(7-9-16)10-12(17)11-4-2-3-5-13(11)20-15/h2-5H,6-10H2,1H3. The van der Waals surface area contributed by atoms with E-state index in [4.69, 9.17) is 9.47 Å². The Hall–Kier alpha value is -2.04. The molecule has 20 heavy (non-hydrogen) atoms.